The van der Waals surface area contributed by atoms with Crippen LogP contribution in [0.5, 0.6) is 0 Å². The summed E-state index contributed by atoms with van der Waals surface area (Å²) < 4.78 is 5.34. The molecule has 0 heterocycles. The Balaban J connectivity index is 4.37. The van der Waals surface area contributed by atoms with Gasteiger partial charge in [-0.3, -0.25) is 0 Å². The van der Waals surface area contributed by atoms with E-state index in [1.54, 1.807) is 0 Å². The van der Waals surface area contributed by atoms with E-state index in [1.807, 2.05) is 0 Å². The first-order valence-electron chi connectivity index (χ1n) is 5.47. The minimum atomic E-state index is -2.22. The Morgan fingerprint density at radius 2 is 1.29 bits per heavy atom. The first-order valence-corrected chi connectivity index (χ1v) is 6.63. The second-order valence-electron chi connectivity index (χ2n) is 3.78. The average molecular weight is 222 g/mol. The third kappa shape index (κ3) is 5.26. The molecule has 0 aromatic rings. The van der Waals surface area contributed by atoms with Crippen LogP contribution in [0.1, 0.15) is 59.3 Å². The van der Waals surface area contributed by atoms with Gasteiger partial charge in [0.05, 0.1) is 5.60 Å². The van der Waals surface area contributed by atoms with Crippen LogP contribution in [-0.2, 0) is 4.52 Å². The molecule has 0 spiro atoms. The van der Waals surface area contributed by atoms with Crippen LogP contribution in [-0.4, -0.2) is 15.4 Å². The zero-order valence-corrected chi connectivity index (χ0v) is 10.4. The summed E-state index contributed by atoms with van der Waals surface area (Å²) in [6.07, 6.45) is 5.79. The Bertz CT molecular complexity index is 122. The van der Waals surface area contributed by atoms with Crippen molar-refractivity contribution in [1.29, 1.82) is 0 Å². The molecule has 0 rings (SSSR count). The first-order chi connectivity index (χ1) is 6.60. The lowest BCUT2D eigenvalue weighted by molar-refractivity contribution is 0.0271. The summed E-state index contributed by atoms with van der Waals surface area (Å²) >= 11 is 0. The first kappa shape index (κ1) is 14.3. The SMILES string of the molecule is CCCC(CCC)(CCC)OP(O)O. The van der Waals surface area contributed by atoms with E-state index in [0.717, 1.165) is 38.5 Å². The summed E-state index contributed by atoms with van der Waals surface area (Å²) in [6, 6.07) is 0. The van der Waals surface area contributed by atoms with E-state index < -0.39 is 8.60 Å². The summed E-state index contributed by atoms with van der Waals surface area (Å²) in [4.78, 5) is 17.9. The second-order valence-corrected chi connectivity index (χ2v) is 4.47. The Morgan fingerprint density at radius 3 is 1.50 bits per heavy atom. The molecule has 0 aromatic heterocycles. The molecule has 86 valence electrons. The predicted molar refractivity (Wildman–Crippen MR) is 59.9 cm³/mol. The maximum Gasteiger partial charge on any atom is 0.327 e. The van der Waals surface area contributed by atoms with Crippen LogP contribution < -0.4 is 0 Å². The molecule has 0 aliphatic carbocycles. The zero-order valence-electron chi connectivity index (χ0n) is 9.49. The van der Waals surface area contributed by atoms with Crippen molar-refractivity contribution in [1.82, 2.24) is 0 Å². The molecule has 3 nitrogen and oxygen atoms in total. The zero-order chi connectivity index (χ0) is 11.0. The van der Waals surface area contributed by atoms with Gasteiger partial charge in [-0.05, 0) is 19.3 Å². The van der Waals surface area contributed by atoms with Gasteiger partial charge < -0.3 is 14.3 Å². The molecule has 0 atom stereocenters. The molecular formula is C10H23O3P. The van der Waals surface area contributed by atoms with Crippen molar-refractivity contribution in [3.8, 4) is 0 Å². The lowest BCUT2D eigenvalue weighted by atomic mass is 9.88. The van der Waals surface area contributed by atoms with Gasteiger partial charge in [0.15, 0.2) is 0 Å². The minimum Gasteiger partial charge on any atom is -0.328 e. The van der Waals surface area contributed by atoms with Gasteiger partial charge in [-0.25, -0.2) is 0 Å². The van der Waals surface area contributed by atoms with Crippen molar-refractivity contribution in [2.45, 2.75) is 64.9 Å². The monoisotopic (exact) mass is 222 g/mol. The summed E-state index contributed by atoms with van der Waals surface area (Å²) in [5.74, 6) is 0. The molecule has 4 heteroatoms. The Morgan fingerprint density at radius 1 is 0.929 bits per heavy atom. The standard InChI is InChI=1S/C10H23O3P/c1-4-7-10(8-5-2,9-6-3)13-14(11)12/h11-12H,4-9H2,1-3H3. The number of rotatable bonds is 8. The molecule has 0 radical (unpaired) electrons. The molecule has 0 unspecified atom stereocenters. The minimum absolute atomic E-state index is 0.298. The Labute approximate surface area is 88.5 Å². The molecule has 0 fully saturated rings. The van der Waals surface area contributed by atoms with E-state index in [9.17, 15) is 0 Å². The van der Waals surface area contributed by atoms with Crippen LogP contribution in [0.25, 0.3) is 0 Å². The number of hydrogen-bond acceptors (Lipinski definition) is 3. The normalized spacial score (nSPS) is 12.4. The largest absolute Gasteiger partial charge is 0.328 e. The van der Waals surface area contributed by atoms with Gasteiger partial charge >= 0.3 is 8.60 Å². The molecule has 0 aliphatic heterocycles. The second kappa shape index (κ2) is 7.58. The fourth-order valence-electron chi connectivity index (χ4n) is 2.05. The van der Waals surface area contributed by atoms with Gasteiger partial charge in [0.2, 0.25) is 0 Å². The molecule has 0 bridgehead atoms. The molecular weight excluding hydrogens is 199 g/mol. The number of hydrogen-bond donors (Lipinski definition) is 2. The highest BCUT2D eigenvalue weighted by atomic mass is 31.2. The van der Waals surface area contributed by atoms with E-state index in [4.69, 9.17) is 14.3 Å². The lowest BCUT2D eigenvalue weighted by Crippen LogP contribution is -2.30. The van der Waals surface area contributed by atoms with Crippen LogP contribution in [0.2, 0.25) is 0 Å². The van der Waals surface area contributed by atoms with E-state index in [0.29, 0.717) is 0 Å². The fraction of sp³-hybridized carbons (Fsp3) is 1.00. The van der Waals surface area contributed by atoms with Gasteiger partial charge in [-0.1, -0.05) is 40.0 Å². The molecule has 0 aliphatic rings. The average Bonchev–Trinajstić information content (AvgIpc) is 2.03. The topological polar surface area (TPSA) is 49.7 Å². The summed E-state index contributed by atoms with van der Waals surface area (Å²) in [7, 11) is -2.22. The Hall–Kier alpha value is 0.310. The predicted octanol–water partition coefficient (Wildman–Crippen LogP) is 3.35. The highest BCUT2D eigenvalue weighted by molar-refractivity contribution is 7.39. The smallest absolute Gasteiger partial charge is 0.327 e. The molecule has 14 heavy (non-hydrogen) atoms. The lowest BCUT2D eigenvalue weighted by Gasteiger charge is -2.33. The van der Waals surface area contributed by atoms with E-state index >= 15 is 0 Å². The van der Waals surface area contributed by atoms with Crippen molar-refractivity contribution in [3.63, 3.8) is 0 Å². The van der Waals surface area contributed by atoms with Gasteiger partial charge in [-0.2, -0.15) is 0 Å². The molecule has 0 saturated carbocycles. The van der Waals surface area contributed by atoms with Crippen molar-refractivity contribution in [2.75, 3.05) is 0 Å². The van der Waals surface area contributed by atoms with Crippen molar-refractivity contribution >= 4 is 8.60 Å². The van der Waals surface area contributed by atoms with Crippen molar-refractivity contribution < 1.29 is 14.3 Å². The van der Waals surface area contributed by atoms with Gasteiger partial charge in [0.1, 0.15) is 0 Å². The van der Waals surface area contributed by atoms with Gasteiger partial charge in [0.25, 0.3) is 0 Å². The third-order valence-corrected chi connectivity index (χ3v) is 2.94. The van der Waals surface area contributed by atoms with E-state index in [-0.39, 0.29) is 5.60 Å². The highest BCUT2D eigenvalue weighted by Crippen LogP contribution is 2.40. The maximum absolute atomic E-state index is 8.97. The van der Waals surface area contributed by atoms with Crippen LogP contribution in [0, 0.1) is 0 Å². The quantitative estimate of drug-likeness (QED) is 0.619. The van der Waals surface area contributed by atoms with Crippen molar-refractivity contribution in [3.05, 3.63) is 0 Å². The third-order valence-electron chi connectivity index (χ3n) is 2.39. The van der Waals surface area contributed by atoms with Gasteiger partial charge in [0, 0.05) is 0 Å². The van der Waals surface area contributed by atoms with Crippen LogP contribution in [0.3, 0.4) is 0 Å². The van der Waals surface area contributed by atoms with E-state index in [2.05, 4.69) is 20.8 Å². The van der Waals surface area contributed by atoms with Crippen molar-refractivity contribution in [2.24, 2.45) is 0 Å². The molecule has 0 saturated heterocycles. The van der Waals surface area contributed by atoms with Gasteiger partial charge in [-0.15, -0.1) is 0 Å². The highest BCUT2D eigenvalue weighted by Gasteiger charge is 2.31. The molecule has 0 amide bonds. The fourth-order valence-corrected chi connectivity index (χ4v) is 2.67. The summed E-state index contributed by atoms with van der Waals surface area (Å²) in [5, 5.41) is 0. The molecule has 2 N–H and O–H groups in total. The van der Waals surface area contributed by atoms with Crippen LogP contribution in [0.15, 0.2) is 0 Å². The van der Waals surface area contributed by atoms with E-state index in [1.165, 1.54) is 0 Å². The summed E-state index contributed by atoms with van der Waals surface area (Å²) in [5.41, 5.74) is -0.298. The maximum atomic E-state index is 8.97. The molecule has 0 aromatic carbocycles. The Kier molecular flexibility index (Phi) is 7.75. The van der Waals surface area contributed by atoms with Crippen LogP contribution >= 0.6 is 8.60 Å². The summed E-state index contributed by atoms with van der Waals surface area (Å²) in [6.45, 7) is 6.29. The van der Waals surface area contributed by atoms with Crippen LogP contribution in [0.4, 0.5) is 0 Å².